The first-order valence-electron chi connectivity index (χ1n) is 5.89. The van der Waals surface area contributed by atoms with Crippen molar-refractivity contribution in [1.82, 2.24) is 10.3 Å². The Morgan fingerprint density at radius 1 is 1.37 bits per heavy atom. The van der Waals surface area contributed by atoms with Crippen LogP contribution in [0.1, 0.15) is 44.3 Å². The lowest BCUT2D eigenvalue weighted by Gasteiger charge is -2.14. The Kier molecular flexibility index (Phi) is 10.5. The van der Waals surface area contributed by atoms with Gasteiger partial charge in [0, 0.05) is 17.3 Å². The fourth-order valence-electron chi connectivity index (χ4n) is 1.23. The average Bonchev–Trinajstić information content (AvgIpc) is 2.73. The van der Waals surface area contributed by atoms with Gasteiger partial charge < -0.3 is 11.1 Å². The third kappa shape index (κ3) is 6.56. The predicted octanol–water partition coefficient (Wildman–Crippen LogP) is 2.71. The smallest absolute Gasteiger partial charge is 0.224 e. The minimum Gasteiger partial charge on any atom is -0.349 e. The maximum atomic E-state index is 11.7. The molecule has 1 amide bonds. The second-order valence-corrected chi connectivity index (χ2v) is 5.63. The molecule has 0 saturated carbocycles. The first-order valence-corrected chi connectivity index (χ1v) is 6.77. The molecule has 0 aliphatic heterocycles. The van der Waals surface area contributed by atoms with Crippen LogP contribution in [0.25, 0.3) is 0 Å². The normalized spacial score (nSPS) is 13.2. The summed E-state index contributed by atoms with van der Waals surface area (Å²) in [6.45, 7) is 8.38. The third-order valence-electron chi connectivity index (χ3n) is 2.78. The maximum absolute atomic E-state index is 11.7. The van der Waals surface area contributed by atoms with Crippen LogP contribution >= 0.6 is 36.2 Å². The second kappa shape index (κ2) is 9.53. The molecule has 4 nitrogen and oxygen atoms in total. The molecule has 2 atom stereocenters. The number of nitrogens with one attached hydrogen (secondary N) is 1. The summed E-state index contributed by atoms with van der Waals surface area (Å²) in [6, 6.07) is -0.127. The van der Waals surface area contributed by atoms with Gasteiger partial charge in [-0.25, -0.2) is 4.98 Å². The lowest BCUT2D eigenvalue weighted by Crippen LogP contribution is -2.38. The molecule has 0 spiro atoms. The Hall–Kier alpha value is -0.360. The molecule has 0 aliphatic rings. The Morgan fingerprint density at radius 3 is 2.37 bits per heavy atom. The molecular formula is C12H23Cl2N3OS. The summed E-state index contributed by atoms with van der Waals surface area (Å²) in [5.41, 5.74) is 6.76. The number of amides is 1. The molecule has 3 N–H and O–H groups in total. The zero-order valence-corrected chi connectivity index (χ0v) is 14.1. The number of rotatable bonds is 5. The highest BCUT2D eigenvalue weighted by Gasteiger charge is 2.17. The summed E-state index contributed by atoms with van der Waals surface area (Å²) < 4.78 is 0. The number of nitrogens with two attached hydrogens (primary N) is 1. The zero-order chi connectivity index (χ0) is 13.0. The van der Waals surface area contributed by atoms with Crippen molar-refractivity contribution >= 4 is 42.1 Å². The van der Waals surface area contributed by atoms with Gasteiger partial charge in [0.25, 0.3) is 0 Å². The molecule has 7 heteroatoms. The molecule has 1 heterocycles. The maximum Gasteiger partial charge on any atom is 0.224 e. The van der Waals surface area contributed by atoms with Gasteiger partial charge >= 0.3 is 0 Å². The van der Waals surface area contributed by atoms with Crippen LogP contribution in [-0.4, -0.2) is 16.9 Å². The van der Waals surface area contributed by atoms with Gasteiger partial charge in [0.2, 0.25) is 5.91 Å². The van der Waals surface area contributed by atoms with E-state index >= 15 is 0 Å². The average molecular weight is 328 g/mol. The number of carbonyl (C=O) groups is 1. The number of nitrogens with zero attached hydrogens (tertiary/aromatic N) is 1. The van der Waals surface area contributed by atoms with E-state index < -0.39 is 0 Å². The summed E-state index contributed by atoms with van der Waals surface area (Å²) in [6.07, 6.45) is 0. The molecule has 1 aromatic rings. The van der Waals surface area contributed by atoms with Crippen LogP contribution in [0.5, 0.6) is 0 Å². The largest absolute Gasteiger partial charge is 0.349 e. The number of aromatic nitrogens is 1. The van der Waals surface area contributed by atoms with Crippen molar-refractivity contribution in [3.63, 3.8) is 0 Å². The van der Waals surface area contributed by atoms with Gasteiger partial charge in [-0.2, -0.15) is 0 Å². The Balaban J connectivity index is 0. The highest BCUT2D eigenvalue weighted by Crippen LogP contribution is 2.17. The summed E-state index contributed by atoms with van der Waals surface area (Å²) in [5, 5.41) is 5.85. The van der Waals surface area contributed by atoms with Crippen LogP contribution in [0, 0.1) is 5.92 Å². The summed E-state index contributed by atoms with van der Waals surface area (Å²) >= 11 is 1.58. The van der Waals surface area contributed by atoms with E-state index in [0.29, 0.717) is 12.5 Å². The Morgan fingerprint density at radius 2 is 1.95 bits per heavy atom. The van der Waals surface area contributed by atoms with Crippen molar-refractivity contribution in [2.45, 2.75) is 46.2 Å². The van der Waals surface area contributed by atoms with Crippen molar-refractivity contribution in [3.8, 4) is 0 Å². The topological polar surface area (TPSA) is 68.0 Å². The molecule has 112 valence electrons. The van der Waals surface area contributed by atoms with Gasteiger partial charge in [0.05, 0.1) is 12.2 Å². The van der Waals surface area contributed by atoms with E-state index in [9.17, 15) is 4.79 Å². The second-order valence-electron chi connectivity index (χ2n) is 4.69. The van der Waals surface area contributed by atoms with Crippen molar-refractivity contribution < 1.29 is 4.79 Å². The van der Waals surface area contributed by atoms with Gasteiger partial charge in [-0.1, -0.05) is 20.8 Å². The number of hydrogen-bond acceptors (Lipinski definition) is 4. The highest BCUT2D eigenvalue weighted by molar-refractivity contribution is 7.09. The van der Waals surface area contributed by atoms with Crippen LogP contribution < -0.4 is 11.1 Å². The molecule has 19 heavy (non-hydrogen) atoms. The Bertz CT molecular complexity index is 383. The van der Waals surface area contributed by atoms with Gasteiger partial charge in [-0.05, 0) is 12.8 Å². The molecule has 0 saturated heterocycles. The zero-order valence-electron chi connectivity index (χ0n) is 11.7. The molecule has 0 radical (unpaired) electrons. The van der Waals surface area contributed by atoms with E-state index in [1.807, 2.05) is 19.2 Å². The fourth-order valence-corrected chi connectivity index (χ4v) is 2.13. The number of thiazole rings is 1. The molecule has 0 fully saturated rings. The van der Waals surface area contributed by atoms with Gasteiger partial charge in [0.1, 0.15) is 5.01 Å². The quantitative estimate of drug-likeness (QED) is 0.873. The molecule has 0 aromatic carbocycles. The van der Waals surface area contributed by atoms with Crippen molar-refractivity contribution in [1.29, 1.82) is 0 Å². The van der Waals surface area contributed by atoms with E-state index in [1.165, 1.54) is 0 Å². The van der Waals surface area contributed by atoms with Crippen LogP contribution in [-0.2, 0) is 11.3 Å². The van der Waals surface area contributed by atoms with E-state index in [0.717, 1.165) is 10.7 Å². The van der Waals surface area contributed by atoms with Crippen molar-refractivity contribution in [2.75, 3.05) is 0 Å². The monoisotopic (exact) mass is 327 g/mol. The molecule has 0 aliphatic carbocycles. The summed E-state index contributed by atoms with van der Waals surface area (Å²) in [5.74, 6) is 0.250. The molecule has 1 rings (SSSR count). The fraction of sp³-hybridized carbons (Fsp3) is 0.667. The summed E-state index contributed by atoms with van der Waals surface area (Å²) in [7, 11) is 0. The van der Waals surface area contributed by atoms with Crippen molar-refractivity contribution in [2.24, 2.45) is 11.7 Å². The lowest BCUT2D eigenvalue weighted by molar-refractivity contribution is -0.125. The van der Waals surface area contributed by atoms with E-state index in [4.69, 9.17) is 5.73 Å². The first kappa shape index (κ1) is 20.9. The Labute approximate surface area is 131 Å². The lowest BCUT2D eigenvalue weighted by atomic mass is 10.0. The molecular weight excluding hydrogens is 305 g/mol. The van der Waals surface area contributed by atoms with Crippen LogP contribution in [0.2, 0.25) is 0 Å². The molecule has 0 bridgehead atoms. The van der Waals surface area contributed by atoms with Gasteiger partial charge in [-0.15, -0.1) is 36.2 Å². The highest BCUT2D eigenvalue weighted by atomic mass is 35.5. The van der Waals surface area contributed by atoms with Gasteiger partial charge in [-0.3, -0.25) is 4.79 Å². The minimum absolute atomic E-state index is 0. The predicted molar refractivity (Wildman–Crippen MR) is 85.4 cm³/mol. The number of hydrogen-bond donors (Lipinski definition) is 2. The number of carbonyl (C=O) groups excluding carboxylic acids is 1. The van der Waals surface area contributed by atoms with E-state index in [1.54, 1.807) is 11.3 Å². The van der Waals surface area contributed by atoms with E-state index in [2.05, 4.69) is 24.1 Å². The standard InChI is InChI=1S/C12H21N3OS.2ClH/c1-7(2)10-6-17-11(15-10)5-14-12(16)8(3)9(4)13;;/h6-9H,5,13H2,1-4H3,(H,14,16);2*1H. The van der Waals surface area contributed by atoms with E-state index in [-0.39, 0.29) is 42.7 Å². The van der Waals surface area contributed by atoms with Crippen LogP contribution in [0.15, 0.2) is 5.38 Å². The van der Waals surface area contributed by atoms with Crippen LogP contribution in [0.4, 0.5) is 0 Å². The number of halogens is 2. The summed E-state index contributed by atoms with van der Waals surface area (Å²) in [4.78, 5) is 16.1. The van der Waals surface area contributed by atoms with Crippen LogP contribution in [0.3, 0.4) is 0 Å². The SMILES string of the molecule is CC(C)c1csc(CNC(=O)C(C)C(C)N)n1.Cl.Cl. The van der Waals surface area contributed by atoms with Crippen molar-refractivity contribution in [3.05, 3.63) is 16.1 Å². The molecule has 2 unspecified atom stereocenters. The van der Waals surface area contributed by atoms with Gasteiger partial charge in [0.15, 0.2) is 0 Å². The minimum atomic E-state index is -0.167. The third-order valence-corrected chi connectivity index (χ3v) is 3.64. The first-order chi connectivity index (χ1) is 7.91. The molecule has 1 aromatic heterocycles.